The second-order valence-electron chi connectivity index (χ2n) is 8.42. The molecule has 1 heterocycles. The van der Waals surface area contributed by atoms with Crippen molar-refractivity contribution in [2.75, 3.05) is 25.1 Å². The molecule has 204 valence electrons. The van der Waals surface area contributed by atoms with E-state index in [4.69, 9.17) is 22.3 Å². The Hall–Kier alpha value is -3.07. The number of thioether (sulfide) groups is 1. The van der Waals surface area contributed by atoms with Crippen LogP contribution in [0.4, 0.5) is 0 Å². The van der Waals surface area contributed by atoms with Crippen molar-refractivity contribution in [3.05, 3.63) is 0 Å². The van der Waals surface area contributed by atoms with Crippen LogP contribution in [-0.2, 0) is 24.0 Å². The molecule has 10 N–H and O–H groups in total. The highest BCUT2D eigenvalue weighted by Crippen LogP contribution is 2.20. The second-order valence-corrected chi connectivity index (χ2v) is 9.41. The zero-order valence-electron chi connectivity index (χ0n) is 20.4. The van der Waals surface area contributed by atoms with Crippen LogP contribution < -0.4 is 27.8 Å². The number of rotatable bonds is 16. The van der Waals surface area contributed by atoms with E-state index in [-0.39, 0.29) is 31.9 Å². The number of nitrogens with one attached hydrogen (secondary N) is 2. The normalized spacial score (nSPS) is 17.5. The van der Waals surface area contributed by atoms with Crippen molar-refractivity contribution in [2.45, 2.75) is 69.1 Å². The number of carbonyl (C=O) groups excluding carboxylic acids is 3. The van der Waals surface area contributed by atoms with Crippen LogP contribution in [0, 0.1) is 0 Å². The summed E-state index contributed by atoms with van der Waals surface area (Å²) in [5, 5.41) is 23.6. The molecule has 1 aliphatic rings. The maximum atomic E-state index is 13.2. The van der Waals surface area contributed by atoms with Crippen molar-refractivity contribution < 1.29 is 34.2 Å². The quantitative estimate of drug-likeness (QED) is 0.0654. The van der Waals surface area contributed by atoms with Crippen molar-refractivity contribution in [1.82, 2.24) is 15.5 Å². The van der Waals surface area contributed by atoms with Gasteiger partial charge in [0.25, 0.3) is 0 Å². The van der Waals surface area contributed by atoms with Gasteiger partial charge in [-0.25, -0.2) is 4.79 Å². The second kappa shape index (κ2) is 15.8. The number of carboxylic acids is 2. The molecular formula is C21H37N7O7S. The van der Waals surface area contributed by atoms with Crippen molar-refractivity contribution in [3.8, 4) is 0 Å². The fourth-order valence-electron chi connectivity index (χ4n) is 3.71. The smallest absolute Gasteiger partial charge is 0.326 e. The van der Waals surface area contributed by atoms with E-state index < -0.39 is 60.2 Å². The molecule has 0 aromatic heterocycles. The largest absolute Gasteiger partial charge is 0.481 e. The SMILES string of the molecule is CSCCC(N)C(=O)NC(CCC(=O)O)C(=O)NC(CCCN=C(N)N)C(=O)N1CCCC1C(=O)O. The fraction of sp³-hybridized carbons (Fsp3) is 0.714. The first kappa shape index (κ1) is 31.0. The zero-order chi connectivity index (χ0) is 27.3. The van der Waals surface area contributed by atoms with Gasteiger partial charge in [0, 0.05) is 19.5 Å². The van der Waals surface area contributed by atoms with Gasteiger partial charge in [0.15, 0.2) is 5.96 Å². The highest BCUT2D eigenvalue weighted by molar-refractivity contribution is 7.98. The Morgan fingerprint density at radius 3 is 2.31 bits per heavy atom. The summed E-state index contributed by atoms with van der Waals surface area (Å²) >= 11 is 1.50. The number of amides is 3. The minimum absolute atomic E-state index is 0.0943. The standard InChI is InChI=1S/C21H37N7O7S/c1-36-11-8-12(22)17(31)26-13(6-7-16(29)30)18(32)27-14(4-2-9-25-21(23)24)19(33)28-10-3-5-15(28)20(34)35/h12-15H,2-11,22H2,1H3,(H,26,31)(H,27,32)(H,29,30)(H,34,35)(H4,23,24,25). The summed E-state index contributed by atoms with van der Waals surface area (Å²) in [5.41, 5.74) is 16.5. The maximum Gasteiger partial charge on any atom is 0.326 e. The molecule has 4 unspecified atom stereocenters. The molecule has 0 aromatic carbocycles. The van der Waals surface area contributed by atoms with Crippen LogP contribution in [0.5, 0.6) is 0 Å². The van der Waals surface area contributed by atoms with Gasteiger partial charge in [-0.3, -0.25) is 24.2 Å². The molecule has 1 aliphatic heterocycles. The van der Waals surface area contributed by atoms with E-state index in [0.717, 1.165) is 0 Å². The van der Waals surface area contributed by atoms with Gasteiger partial charge in [-0.1, -0.05) is 0 Å². The number of hydrogen-bond acceptors (Lipinski definition) is 8. The molecule has 0 bridgehead atoms. The number of carboxylic acid groups (broad SMARTS) is 2. The molecule has 0 aliphatic carbocycles. The predicted octanol–water partition coefficient (Wildman–Crippen LogP) is -1.97. The monoisotopic (exact) mass is 531 g/mol. The predicted molar refractivity (Wildman–Crippen MR) is 134 cm³/mol. The number of nitrogens with zero attached hydrogens (tertiary/aromatic N) is 2. The lowest BCUT2D eigenvalue weighted by Crippen LogP contribution is -2.57. The van der Waals surface area contributed by atoms with Gasteiger partial charge in [0.05, 0.1) is 6.04 Å². The Kier molecular flexibility index (Phi) is 13.6. The van der Waals surface area contributed by atoms with Gasteiger partial charge in [-0.2, -0.15) is 11.8 Å². The molecule has 3 amide bonds. The first-order valence-electron chi connectivity index (χ1n) is 11.6. The van der Waals surface area contributed by atoms with Crippen molar-refractivity contribution >= 4 is 47.4 Å². The lowest BCUT2D eigenvalue weighted by Gasteiger charge is -2.29. The van der Waals surface area contributed by atoms with Gasteiger partial charge in [-0.05, 0) is 50.5 Å². The summed E-state index contributed by atoms with van der Waals surface area (Å²) in [5.74, 6) is -3.80. The average Bonchev–Trinajstić information content (AvgIpc) is 3.31. The fourth-order valence-corrected chi connectivity index (χ4v) is 4.20. The Bertz CT molecular complexity index is 822. The van der Waals surface area contributed by atoms with Gasteiger partial charge >= 0.3 is 11.9 Å². The third kappa shape index (κ3) is 10.7. The number of carbonyl (C=O) groups is 5. The maximum absolute atomic E-state index is 13.2. The molecule has 0 aromatic rings. The van der Waals surface area contributed by atoms with Gasteiger partial charge in [0.1, 0.15) is 18.1 Å². The summed E-state index contributed by atoms with van der Waals surface area (Å²) in [4.78, 5) is 66.5. The molecule has 0 radical (unpaired) electrons. The van der Waals surface area contributed by atoms with Crippen LogP contribution in [0.1, 0.15) is 44.9 Å². The summed E-state index contributed by atoms with van der Waals surface area (Å²) in [6.07, 6.45) is 2.77. The first-order valence-corrected chi connectivity index (χ1v) is 13.0. The Morgan fingerprint density at radius 1 is 1.06 bits per heavy atom. The minimum atomic E-state index is -1.25. The number of likely N-dealkylation sites (tertiary alicyclic amines) is 1. The Labute approximate surface area is 213 Å². The molecular weight excluding hydrogens is 494 g/mol. The van der Waals surface area contributed by atoms with Crippen LogP contribution in [0.15, 0.2) is 4.99 Å². The Morgan fingerprint density at radius 2 is 1.72 bits per heavy atom. The van der Waals surface area contributed by atoms with Gasteiger partial charge < -0.3 is 42.9 Å². The number of nitrogens with two attached hydrogens (primary N) is 3. The van der Waals surface area contributed by atoms with E-state index >= 15 is 0 Å². The average molecular weight is 532 g/mol. The highest BCUT2D eigenvalue weighted by Gasteiger charge is 2.38. The van der Waals surface area contributed by atoms with Gasteiger partial charge in [0.2, 0.25) is 17.7 Å². The van der Waals surface area contributed by atoms with Crippen molar-refractivity contribution in [2.24, 2.45) is 22.2 Å². The van der Waals surface area contributed by atoms with E-state index in [1.54, 1.807) is 0 Å². The first-order chi connectivity index (χ1) is 17.0. The van der Waals surface area contributed by atoms with Crippen LogP contribution in [0.25, 0.3) is 0 Å². The van der Waals surface area contributed by atoms with Crippen LogP contribution in [0.3, 0.4) is 0 Å². The van der Waals surface area contributed by atoms with Crippen molar-refractivity contribution in [1.29, 1.82) is 0 Å². The van der Waals surface area contributed by atoms with Crippen LogP contribution in [-0.4, -0.2) is 100.0 Å². The number of guanidine groups is 1. The molecule has 0 saturated carbocycles. The molecule has 15 heteroatoms. The number of hydrogen-bond donors (Lipinski definition) is 7. The summed E-state index contributed by atoms with van der Waals surface area (Å²) < 4.78 is 0. The molecule has 4 atom stereocenters. The van der Waals surface area contributed by atoms with E-state index in [1.165, 1.54) is 16.7 Å². The number of aliphatic carboxylic acids is 2. The van der Waals surface area contributed by atoms with E-state index in [9.17, 15) is 29.1 Å². The summed E-state index contributed by atoms with van der Waals surface area (Å²) in [7, 11) is 0. The lowest BCUT2D eigenvalue weighted by atomic mass is 10.1. The van der Waals surface area contributed by atoms with Gasteiger partial charge in [-0.15, -0.1) is 0 Å². The topological polar surface area (TPSA) is 244 Å². The summed E-state index contributed by atoms with van der Waals surface area (Å²) in [6, 6.07) is -4.28. The van der Waals surface area contributed by atoms with E-state index in [0.29, 0.717) is 31.4 Å². The Balaban J connectivity index is 3.04. The molecule has 0 spiro atoms. The zero-order valence-corrected chi connectivity index (χ0v) is 21.2. The molecule has 14 nitrogen and oxygen atoms in total. The number of aliphatic imine (C=N–C) groups is 1. The molecule has 1 fully saturated rings. The summed E-state index contributed by atoms with van der Waals surface area (Å²) in [6.45, 7) is 0.396. The van der Waals surface area contributed by atoms with E-state index in [1.807, 2.05) is 6.26 Å². The van der Waals surface area contributed by atoms with E-state index in [2.05, 4.69) is 15.6 Å². The molecule has 1 saturated heterocycles. The van der Waals surface area contributed by atoms with Crippen LogP contribution >= 0.6 is 11.8 Å². The highest BCUT2D eigenvalue weighted by atomic mass is 32.2. The minimum Gasteiger partial charge on any atom is -0.481 e. The third-order valence-electron chi connectivity index (χ3n) is 5.63. The third-order valence-corrected chi connectivity index (χ3v) is 6.27. The lowest BCUT2D eigenvalue weighted by molar-refractivity contribution is -0.149. The van der Waals surface area contributed by atoms with Crippen LogP contribution in [0.2, 0.25) is 0 Å². The molecule has 1 rings (SSSR count). The molecule has 36 heavy (non-hydrogen) atoms. The van der Waals surface area contributed by atoms with Crippen molar-refractivity contribution in [3.63, 3.8) is 0 Å².